The van der Waals surface area contributed by atoms with E-state index in [1.54, 1.807) is 0 Å². The molecule has 0 amide bonds. The van der Waals surface area contributed by atoms with E-state index in [-0.39, 0.29) is 0 Å². The number of nitrogens with zero attached hydrogens (tertiary/aromatic N) is 2. The van der Waals surface area contributed by atoms with Gasteiger partial charge >= 0.3 is 0 Å². The first-order chi connectivity index (χ1) is 5.24. The van der Waals surface area contributed by atoms with E-state index >= 15 is 0 Å². The number of aryl methyl sites for hydroxylation is 2. The highest BCUT2D eigenvalue weighted by molar-refractivity contribution is 5.13. The molecule has 0 N–H and O–H groups in total. The van der Waals surface area contributed by atoms with Crippen molar-refractivity contribution in [2.45, 2.75) is 20.3 Å². The average Bonchev–Trinajstić information content (AvgIpc) is 2.28. The van der Waals surface area contributed by atoms with Gasteiger partial charge in [0.2, 0.25) is 5.88 Å². The van der Waals surface area contributed by atoms with Gasteiger partial charge in [0.1, 0.15) is 0 Å². The van der Waals surface area contributed by atoms with Gasteiger partial charge in [-0.2, -0.15) is 0 Å². The summed E-state index contributed by atoms with van der Waals surface area (Å²) >= 11 is 0. The molecule has 0 spiro atoms. The Bertz CT molecular complexity index is 210. The monoisotopic (exact) mass is 154 g/mol. The lowest BCUT2D eigenvalue weighted by atomic mass is 10.5. The maximum absolute atomic E-state index is 5.32. The van der Waals surface area contributed by atoms with Crippen LogP contribution >= 0.6 is 0 Å². The van der Waals surface area contributed by atoms with Crippen LogP contribution in [0.1, 0.15) is 19.0 Å². The van der Waals surface area contributed by atoms with Gasteiger partial charge in [-0.3, -0.25) is 4.68 Å². The number of rotatable bonds is 3. The van der Waals surface area contributed by atoms with Gasteiger partial charge in [-0.15, -0.1) is 5.10 Å². The van der Waals surface area contributed by atoms with Crippen molar-refractivity contribution in [3.63, 3.8) is 0 Å². The fourth-order valence-corrected chi connectivity index (χ4v) is 0.805. The summed E-state index contributed by atoms with van der Waals surface area (Å²) in [5.74, 6) is 0.729. The average molecular weight is 154 g/mol. The molecule has 0 unspecified atom stereocenters. The van der Waals surface area contributed by atoms with Crippen LogP contribution in [-0.4, -0.2) is 16.4 Å². The van der Waals surface area contributed by atoms with Crippen molar-refractivity contribution in [3.8, 4) is 5.88 Å². The molecule has 3 heteroatoms. The van der Waals surface area contributed by atoms with E-state index in [2.05, 4.69) is 12.0 Å². The highest BCUT2D eigenvalue weighted by Gasteiger charge is 1.99. The molecule has 0 aliphatic heterocycles. The second kappa shape index (κ2) is 3.42. The summed E-state index contributed by atoms with van der Waals surface area (Å²) in [6, 6.07) is 1.94. The Morgan fingerprint density at radius 2 is 2.36 bits per heavy atom. The molecule has 1 rings (SSSR count). The van der Waals surface area contributed by atoms with E-state index < -0.39 is 0 Å². The Labute approximate surface area is 67.0 Å². The summed E-state index contributed by atoms with van der Waals surface area (Å²) in [7, 11) is 1.91. The molecule has 0 saturated carbocycles. The quantitative estimate of drug-likeness (QED) is 0.660. The molecule has 0 aliphatic rings. The fourth-order valence-electron chi connectivity index (χ4n) is 0.805. The molecule has 1 aromatic heterocycles. The van der Waals surface area contributed by atoms with Gasteiger partial charge in [0.05, 0.1) is 6.61 Å². The van der Waals surface area contributed by atoms with Crippen LogP contribution in [0.3, 0.4) is 0 Å². The molecule has 62 valence electrons. The SMILES string of the molecule is CCCOc1cc(C)n(C)n1. The summed E-state index contributed by atoms with van der Waals surface area (Å²) in [4.78, 5) is 0. The lowest BCUT2D eigenvalue weighted by Crippen LogP contribution is -1.97. The van der Waals surface area contributed by atoms with Crippen LogP contribution in [0, 0.1) is 6.92 Å². The van der Waals surface area contributed by atoms with Crippen LogP contribution < -0.4 is 4.74 Å². The van der Waals surface area contributed by atoms with Crippen molar-refractivity contribution in [2.24, 2.45) is 7.05 Å². The van der Waals surface area contributed by atoms with Gasteiger partial charge in [-0.1, -0.05) is 6.92 Å². The summed E-state index contributed by atoms with van der Waals surface area (Å²) in [6.45, 7) is 4.83. The van der Waals surface area contributed by atoms with Crippen LogP contribution in [0.15, 0.2) is 6.07 Å². The molecule has 11 heavy (non-hydrogen) atoms. The van der Waals surface area contributed by atoms with E-state index in [1.807, 2.05) is 24.7 Å². The van der Waals surface area contributed by atoms with Crippen molar-refractivity contribution >= 4 is 0 Å². The smallest absolute Gasteiger partial charge is 0.232 e. The predicted molar refractivity (Wildman–Crippen MR) is 43.7 cm³/mol. The van der Waals surface area contributed by atoms with Gasteiger partial charge in [0, 0.05) is 18.8 Å². The first kappa shape index (κ1) is 8.11. The van der Waals surface area contributed by atoms with E-state index in [0.29, 0.717) is 0 Å². The summed E-state index contributed by atoms with van der Waals surface area (Å²) in [5, 5.41) is 4.14. The van der Waals surface area contributed by atoms with Crippen LogP contribution in [0.5, 0.6) is 5.88 Å². The Hall–Kier alpha value is -0.990. The van der Waals surface area contributed by atoms with E-state index in [0.717, 1.165) is 24.6 Å². The topological polar surface area (TPSA) is 27.1 Å². The predicted octanol–water partition coefficient (Wildman–Crippen LogP) is 1.52. The molecule has 1 heterocycles. The summed E-state index contributed by atoms with van der Waals surface area (Å²) in [5.41, 5.74) is 1.12. The highest BCUT2D eigenvalue weighted by atomic mass is 16.5. The molecule has 0 aliphatic carbocycles. The Morgan fingerprint density at radius 3 is 2.82 bits per heavy atom. The van der Waals surface area contributed by atoms with Gasteiger partial charge in [0.25, 0.3) is 0 Å². The molecule has 0 fully saturated rings. The molecule has 3 nitrogen and oxygen atoms in total. The minimum atomic E-state index is 0.729. The lowest BCUT2D eigenvalue weighted by molar-refractivity contribution is 0.302. The van der Waals surface area contributed by atoms with Crippen molar-refractivity contribution in [2.75, 3.05) is 6.61 Å². The molecule has 0 radical (unpaired) electrons. The number of aromatic nitrogens is 2. The normalized spacial score (nSPS) is 10.1. The third kappa shape index (κ3) is 1.97. The second-order valence-electron chi connectivity index (χ2n) is 2.60. The highest BCUT2D eigenvalue weighted by Crippen LogP contribution is 2.09. The van der Waals surface area contributed by atoms with E-state index in [9.17, 15) is 0 Å². The third-order valence-electron chi connectivity index (χ3n) is 1.55. The Morgan fingerprint density at radius 1 is 1.64 bits per heavy atom. The molecule has 0 aromatic carbocycles. The Kier molecular flexibility index (Phi) is 2.52. The summed E-state index contributed by atoms with van der Waals surface area (Å²) in [6.07, 6.45) is 1.02. The maximum atomic E-state index is 5.32. The standard InChI is InChI=1S/C8H14N2O/c1-4-5-11-8-6-7(2)10(3)9-8/h6H,4-5H2,1-3H3. The zero-order valence-electron chi connectivity index (χ0n) is 7.29. The van der Waals surface area contributed by atoms with Crippen molar-refractivity contribution in [3.05, 3.63) is 11.8 Å². The first-order valence-corrected chi connectivity index (χ1v) is 3.87. The molecule has 1 aromatic rings. The number of hydrogen-bond donors (Lipinski definition) is 0. The van der Waals surface area contributed by atoms with Crippen molar-refractivity contribution < 1.29 is 4.74 Å². The minimum absolute atomic E-state index is 0.729. The number of ether oxygens (including phenoxy) is 1. The second-order valence-corrected chi connectivity index (χ2v) is 2.60. The van der Waals surface area contributed by atoms with Gasteiger partial charge in [-0.05, 0) is 13.3 Å². The van der Waals surface area contributed by atoms with E-state index in [1.165, 1.54) is 0 Å². The first-order valence-electron chi connectivity index (χ1n) is 3.87. The van der Waals surface area contributed by atoms with Crippen LogP contribution in [0.2, 0.25) is 0 Å². The number of hydrogen-bond acceptors (Lipinski definition) is 2. The fraction of sp³-hybridized carbons (Fsp3) is 0.625. The lowest BCUT2D eigenvalue weighted by Gasteiger charge is -1.96. The molecular formula is C8H14N2O. The largest absolute Gasteiger partial charge is 0.477 e. The molecular weight excluding hydrogens is 140 g/mol. The van der Waals surface area contributed by atoms with Gasteiger partial charge in [-0.25, -0.2) is 0 Å². The zero-order valence-corrected chi connectivity index (χ0v) is 7.29. The van der Waals surface area contributed by atoms with Gasteiger partial charge in [0.15, 0.2) is 0 Å². The third-order valence-corrected chi connectivity index (χ3v) is 1.55. The van der Waals surface area contributed by atoms with E-state index in [4.69, 9.17) is 4.74 Å². The zero-order chi connectivity index (χ0) is 8.27. The van der Waals surface area contributed by atoms with Crippen molar-refractivity contribution in [1.82, 2.24) is 9.78 Å². The minimum Gasteiger partial charge on any atom is -0.477 e. The van der Waals surface area contributed by atoms with Crippen LogP contribution in [-0.2, 0) is 7.05 Å². The summed E-state index contributed by atoms with van der Waals surface area (Å²) < 4.78 is 7.14. The molecule has 0 saturated heterocycles. The molecule has 0 bridgehead atoms. The molecule has 0 atom stereocenters. The van der Waals surface area contributed by atoms with Gasteiger partial charge < -0.3 is 4.74 Å². The van der Waals surface area contributed by atoms with Crippen LogP contribution in [0.25, 0.3) is 0 Å². The Balaban J connectivity index is 2.58. The maximum Gasteiger partial charge on any atom is 0.232 e. The van der Waals surface area contributed by atoms with Crippen molar-refractivity contribution in [1.29, 1.82) is 0 Å². The van der Waals surface area contributed by atoms with Crippen LogP contribution in [0.4, 0.5) is 0 Å².